The fourth-order valence-corrected chi connectivity index (χ4v) is 6.53. The van der Waals surface area contributed by atoms with Gasteiger partial charge >= 0.3 is 23.9 Å². The molecule has 0 aromatic heterocycles. The Hall–Kier alpha value is -3.02. The zero-order valence-electron chi connectivity index (χ0n) is 21.8. The predicted molar refractivity (Wildman–Crippen MR) is 127 cm³/mol. The summed E-state index contributed by atoms with van der Waals surface area (Å²) in [6.07, 6.45) is 0.454. The van der Waals surface area contributed by atoms with Gasteiger partial charge < -0.3 is 33.5 Å². The van der Waals surface area contributed by atoms with Gasteiger partial charge in [-0.15, -0.1) is 0 Å². The van der Waals surface area contributed by atoms with E-state index in [9.17, 15) is 24.3 Å². The molecular weight excluding hydrogens is 500 g/mol. The van der Waals surface area contributed by atoms with E-state index in [2.05, 4.69) is 6.58 Å². The van der Waals surface area contributed by atoms with E-state index in [0.29, 0.717) is 6.61 Å². The Morgan fingerprint density at radius 3 is 2.37 bits per heavy atom. The largest absolute Gasteiger partial charge is 0.461 e. The maximum Gasteiger partial charge on any atom is 0.337 e. The van der Waals surface area contributed by atoms with Gasteiger partial charge in [0.2, 0.25) is 0 Å². The Morgan fingerprint density at radius 2 is 1.79 bits per heavy atom. The number of fused-ring (bicyclic) bond motifs is 6. The molecule has 9 atom stereocenters. The van der Waals surface area contributed by atoms with Crippen LogP contribution >= 0.6 is 0 Å². The maximum absolute atomic E-state index is 13.1. The van der Waals surface area contributed by atoms with E-state index in [0.717, 1.165) is 0 Å². The molecule has 2 saturated carbocycles. The highest BCUT2D eigenvalue weighted by molar-refractivity contribution is 5.92. The third kappa shape index (κ3) is 4.07. The van der Waals surface area contributed by atoms with E-state index in [1.54, 1.807) is 13.8 Å². The Kier molecular flexibility index (Phi) is 6.52. The van der Waals surface area contributed by atoms with Gasteiger partial charge in [-0.1, -0.05) is 18.7 Å². The third-order valence-corrected chi connectivity index (χ3v) is 8.60. The third-order valence-electron chi connectivity index (χ3n) is 8.60. The van der Waals surface area contributed by atoms with Crippen LogP contribution in [0.1, 0.15) is 34.1 Å². The molecule has 1 N–H and O–H groups in total. The quantitative estimate of drug-likeness (QED) is 0.216. The summed E-state index contributed by atoms with van der Waals surface area (Å²) < 4.78 is 34.7. The van der Waals surface area contributed by atoms with Crippen LogP contribution in [0.15, 0.2) is 35.5 Å². The van der Waals surface area contributed by atoms with Crippen LogP contribution < -0.4 is 0 Å². The van der Waals surface area contributed by atoms with Crippen molar-refractivity contribution >= 4 is 23.9 Å². The Bertz CT molecular complexity index is 1150. The van der Waals surface area contributed by atoms with Crippen molar-refractivity contribution < 1.29 is 52.7 Å². The zero-order valence-corrected chi connectivity index (χ0v) is 21.8. The van der Waals surface area contributed by atoms with Crippen molar-refractivity contribution in [2.75, 3.05) is 19.8 Å². The second-order valence-electron chi connectivity index (χ2n) is 10.6. The van der Waals surface area contributed by atoms with E-state index in [1.165, 1.54) is 19.1 Å². The van der Waals surface area contributed by atoms with Gasteiger partial charge in [0.15, 0.2) is 0 Å². The van der Waals surface area contributed by atoms with E-state index in [1.807, 2.05) is 6.92 Å². The number of aliphatic hydroxyl groups is 1. The van der Waals surface area contributed by atoms with Crippen LogP contribution in [0.2, 0.25) is 0 Å². The highest BCUT2D eigenvalue weighted by atomic mass is 16.7. The molecule has 206 valence electrons. The predicted octanol–water partition coefficient (Wildman–Crippen LogP) is 0.932. The van der Waals surface area contributed by atoms with Gasteiger partial charge in [0, 0.05) is 30.8 Å². The number of aliphatic hydroxyl groups excluding tert-OH is 1. The first-order valence-electron chi connectivity index (χ1n) is 12.7. The van der Waals surface area contributed by atoms with Gasteiger partial charge in [-0.25, -0.2) is 14.4 Å². The van der Waals surface area contributed by atoms with Crippen LogP contribution in [-0.2, 0) is 47.6 Å². The molecule has 0 bridgehead atoms. The second kappa shape index (κ2) is 9.32. The van der Waals surface area contributed by atoms with Crippen molar-refractivity contribution in [3.63, 3.8) is 0 Å². The summed E-state index contributed by atoms with van der Waals surface area (Å²) in [6.45, 7) is 9.94. The molecule has 1 spiro atoms. The van der Waals surface area contributed by atoms with Crippen LogP contribution in [0.3, 0.4) is 0 Å². The summed E-state index contributed by atoms with van der Waals surface area (Å²) in [6, 6.07) is 0. The molecule has 0 aromatic rings. The summed E-state index contributed by atoms with van der Waals surface area (Å²) in [5, 5.41) is 9.55. The molecule has 0 amide bonds. The van der Waals surface area contributed by atoms with Crippen LogP contribution in [0.5, 0.6) is 0 Å². The number of hydrogen-bond donors (Lipinski definition) is 1. The van der Waals surface area contributed by atoms with E-state index in [4.69, 9.17) is 28.4 Å². The summed E-state index contributed by atoms with van der Waals surface area (Å²) in [7, 11) is 0. The molecule has 5 aliphatic rings. The molecule has 3 saturated heterocycles. The normalized spacial score (nSPS) is 40.9. The van der Waals surface area contributed by atoms with Gasteiger partial charge in [0.25, 0.3) is 0 Å². The Labute approximate surface area is 219 Å². The Balaban J connectivity index is 1.47. The zero-order chi connectivity index (χ0) is 27.6. The lowest BCUT2D eigenvalue weighted by Gasteiger charge is -2.34. The molecule has 11 nitrogen and oxygen atoms in total. The number of hydrogen-bond acceptors (Lipinski definition) is 11. The lowest BCUT2D eigenvalue weighted by Crippen LogP contribution is -2.45. The van der Waals surface area contributed by atoms with E-state index < -0.39 is 83.9 Å². The number of carbonyl (C=O) groups excluding carboxylic acids is 4. The van der Waals surface area contributed by atoms with Gasteiger partial charge in [0.05, 0.1) is 30.3 Å². The minimum atomic E-state index is -0.840. The molecular formula is C27H32O11. The fourth-order valence-electron chi connectivity index (χ4n) is 6.53. The first-order valence-corrected chi connectivity index (χ1v) is 12.7. The minimum Gasteiger partial charge on any atom is -0.461 e. The van der Waals surface area contributed by atoms with Gasteiger partial charge in [-0.05, 0) is 20.8 Å². The van der Waals surface area contributed by atoms with Crippen LogP contribution in [0.25, 0.3) is 0 Å². The molecule has 3 heterocycles. The first kappa shape index (κ1) is 26.6. The average Bonchev–Trinajstić information content (AvgIpc) is 3.74. The number of epoxide rings is 2. The van der Waals surface area contributed by atoms with E-state index >= 15 is 0 Å². The van der Waals surface area contributed by atoms with Crippen molar-refractivity contribution in [2.45, 2.75) is 69.7 Å². The Morgan fingerprint density at radius 1 is 1.13 bits per heavy atom. The monoisotopic (exact) mass is 532 g/mol. The second-order valence-corrected chi connectivity index (χ2v) is 10.6. The summed E-state index contributed by atoms with van der Waals surface area (Å²) in [5.74, 6) is -3.98. The van der Waals surface area contributed by atoms with Gasteiger partial charge in [-0.2, -0.15) is 0 Å². The average molecular weight is 533 g/mol. The molecule has 0 aromatic carbocycles. The van der Waals surface area contributed by atoms with Crippen molar-refractivity contribution in [3.05, 3.63) is 35.5 Å². The molecule has 5 rings (SSSR count). The van der Waals surface area contributed by atoms with Crippen molar-refractivity contribution in [1.29, 1.82) is 0 Å². The first-order chi connectivity index (χ1) is 18.0. The SMILES string of the molecule is C=C1C(=O)O[C@@H]2[C@@H]1[C@H](OC(=O)/C(=C/C)COC(C)=O)C[C@]1(CO1)[C@@H]1[C@@H](OC(=O)/C(=C/C)CO)[C@H]3O[C@@]3(C)[C@@H]21. The summed E-state index contributed by atoms with van der Waals surface area (Å²) in [4.78, 5) is 49.9. The maximum atomic E-state index is 13.1. The standard InChI is InChI=1S/C27H32O11/c1-6-14(9-28)24(31)37-21-19-18(26(5)22(21)38-26)20-17(12(3)23(30)36-20)16(8-27(19)11-34-27)35-25(32)15(7-2)10-33-13(4)29/h6-7,16-22,28H,3,8-11H2,1-2,4-5H3/b14-6+,15-7+/t16-,17+,18-,19+,20-,21-,22-,26+,27+/m1/s1. The molecule has 0 unspecified atom stereocenters. The van der Waals surface area contributed by atoms with Gasteiger partial charge in [-0.3, -0.25) is 4.79 Å². The molecule has 2 aliphatic carbocycles. The minimum absolute atomic E-state index is 0.118. The highest BCUT2D eigenvalue weighted by Gasteiger charge is 2.82. The topological polar surface area (TPSA) is 150 Å². The van der Waals surface area contributed by atoms with Crippen molar-refractivity contribution in [1.82, 2.24) is 0 Å². The number of allylic oxidation sites excluding steroid dienone is 2. The smallest absolute Gasteiger partial charge is 0.337 e. The number of carbonyl (C=O) groups is 4. The fraction of sp³-hybridized carbons (Fsp3) is 0.630. The summed E-state index contributed by atoms with van der Waals surface area (Å²) >= 11 is 0. The molecule has 0 radical (unpaired) electrons. The van der Waals surface area contributed by atoms with Crippen molar-refractivity contribution in [2.24, 2.45) is 17.8 Å². The summed E-state index contributed by atoms with van der Waals surface area (Å²) in [5.41, 5.74) is -1.12. The number of rotatable bonds is 7. The van der Waals surface area contributed by atoms with Crippen LogP contribution in [-0.4, -0.2) is 84.4 Å². The molecule has 11 heteroatoms. The molecule has 3 aliphatic heterocycles. The van der Waals surface area contributed by atoms with Crippen molar-refractivity contribution in [3.8, 4) is 0 Å². The van der Waals surface area contributed by atoms with Crippen LogP contribution in [0.4, 0.5) is 0 Å². The number of ether oxygens (including phenoxy) is 6. The number of esters is 4. The van der Waals surface area contributed by atoms with E-state index in [-0.39, 0.29) is 29.7 Å². The van der Waals surface area contributed by atoms with Gasteiger partial charge in [0.1, 0.15) is 42.2 Å². The molecule has 5 fully saturated rings. The lowest BCUT2D eigenvalue weighted by atomic mass is 9.76. The van der Waals surface area contributed by atoms with Crippen LogP contribution in [0, 0.1) is 17.8 Å². The highest BCUT2D eigenvalue weighted by Crippen LogP contribution is 2.68. The molecule has 38 heavy (non-hydrogen) atoms. The lowest BCUT2D eigenvalue weighted by molar-refractivity contribution is -0.158.